The van der Waals surface area contributed by atoms with Gasteiger partial charge in [0.25, 0.3) is 0 Å². The van der Waals surface area contributed by atoms with Crippen molar-refractivity contribution in [2.75, 3.05) is 5.32 Å². The van der Waals surface area contributed by atoms with Gasteiger partial charge in [-0.05, 0) is 26.3 Å². The van der Waals surface area contributed by atoms with Crippen LogP contribution in [0.25, 0.3) is 0 Å². The zero-order valence-corrected chi connectivity index (χ0v) is 12.5. The minimum Gasteiger partial charge on any atom is -0.389 e. The summed E-state index contributed by atoms with van der Waals surface area (Å²) in [6.45, 7) is 7.13. The highest BCUT2D eigenvalue weighted by Gasteiger charge is 2.14. The fraction of sp³-hybridized carbons (Fsp3) is 0.417. The van der Waals surface area contributed by atoms with Crippen LogP contribution in [0.3, 0.4) is 0 Å². The summed E-state index contributed by atoms with van der Waals surface area (Å²) in [7, 11) is 0. The number of nitrogens with two attached hydrogens (primary N) is 1. The predicted molar refractivity (Wildman–Crippen MR) is 80.4 cm³/mol. The smallest absolute Gasteiger partial charge is 0.159 e. The Bertz CT molecular complexity index is 635. The maximum atomic E-state index is 5.78. The molecule has 0 radical (unpaired) electrons. The van der Waals surface area contributed by atoms with Crippen LogP contribution in [0.5, 0.6) is 0 Å². The van der Waals surface area contributed by atoms with E-state index in [9.17, 15) is 0 Å². The van der Waals surface area contributed by atoms with Gasteiger partial charge in [-0.2, -0.15) is 5.10 Å². The third-order valence-corrected chi connectivity index (χ3v) is 3.36. The van der Waals surface area contributed by atoms with Crippen LogP contribution in [0.4, 0.5) is 5.82 Å². The minimum absolute atomic E-state index is 0.306. The molecule has 106 valence electrons. The van der Waals surface area contributed by atoms with E-state index in [-0.39, 0.29) is 0 Å². The van der Waals surface area contributed by atoms with E-state index in [1.165, 1.54) is 0 Å². The second-order valence-electron chi connectivity index (χ2n) is 4.39. The van der Waals surface area contributed by atoms with E-state index < -0.39 is 0 Å². The molecule has 2 aromatic heterocycles. The lowest BCUT2D eigenvalue weighted by Gasteiger charge is -2.13. The molecule has 2 aromatic rings. The summed E-state index contributed by atoms with van der Waals surface area (Å²) in [6, 6.07) is 0. The molecule has 0 amide bonds. The first-order valence-corrected chi connectivity index (χ1v) is 6.69. The second-order valence-corrected chi connectivity index (χ2v) is 4.82. The van der Waals surface area contributed by atoms with Gasteiger partial charge in [0.2, 0.25) is 0 Å². The number of rotatable bonds is 5. The van der Waals surface area contributed by atoms with Crippen LogP contribution in [0.2, 0.25) is 0 Å². The maximum absolute atomic E-state index is 5.78. The van der Waals surface area contributed by atoms with Gasteiger partial charge in [0, 0.05) is 6.54 Å². The normalized spacial score (nSPS) is 10.6. The van der Waals surface area contributed by atoms with E-state index in [2.05, 4.69) is 25.7 Å². The largest absolute Gasteiger partial charge is 0.389 e. The van der Waals surface area contributed by atoms with Gasteiger partial charge in [-0.3, -0.25) is 0 Å². The van der Waals surface area contributed by atoms with Gasteiger partial charge in [0.15, 0.2) is 11.6 Å². The number of hydrogen-bond donors (Lipinski definition) is 2. The molecule has 20 heavy (non-hydrogen) atoms. The van der Waals surface area contributed by atoms with Crippen LogP contribution in [0.15, 0.2) is 6.33 Å². The van der Waals surface area contributed by atoms with Crippen molar-refractivity contribution >= 4 is 23.0 Å². The topological polar surface area (TPSA) is 94.5 Å². The van der Waals surface area contributed by atoms with Crippen molar-refractivity contribution in [3.8, 4) is 0 Å². The first kappa shape index (κ1) is 14.3. The fourth-order valence-corrected chi connectivity index (χ4v) is 2.13. The highest BCUT2D eigenvalue weighted by atomic mass is 32.1. The zero-order valence-electron chi connectivity index (χ0n) is 11.7. The third kappa shape index (κ3) is 2.74. The Morgan fingerprint density at radius 3 is 2.75 bits per heavy atom. The van der Waals surface area contributed by atoms with Gasteiger partial charge in [-0.25, -0.2) is 0 Å². The molecule has 0 atom stereocenters. The zero-order chi connectivity index (χ0) is 14.7. The maximum Gasteiger partial charge on any atom is 0.159 e. The van der Waals surface area contributed by atoms with Crippen LogP contribution >= 0.6 is 12.2 Å². The number of aryl methyl sites for hydroxylation is 2. The van der Waals surface area contributed by atoms with Gasteiger partial charge >= 0.3 is 0 Å². The van der Waals surface area contributed by atoms with Crippen LogP contribution < -0.4 is 11.1 Å². The molecule has 0 spiro atoms. The number of anilines is 1. The van der Waals surface area contributed by atoms with E-state index in [1.54, 1.807) is 6.33 Å². The molecule has 0 aliphatic rings. The summed E-state index contributed by atoms with van der Waals surface area (Å²) in [6.07, 6.45) is 1.69. The molecule has 2 rings (SSSR count). The molecule has 3 N–H and O–H groups in total. The lowest BCUT2D eigenvalue weighted by molar-refractivity contribution is 0.706. The minimum atomic E-state index is 0.306. The van der Waals surface area contributed by atoms with Crippen molar-refractivity contribution in [3.63, 3.8) is 0 Å². The first-order valence-electron chi connectivity index (χ1n) is 6.28. The van der Waals surface area contributed by atoms with Crippen LogP contribution in [0.1, 0.15) is 29.6 Å². The summed E-state index contributed by atoms with van der Waals surface area (Å²) < 4.78 is 1.95. The Kier molecular flexibility index (Phi) is 4.23. The quantitative estimate of drug-likeness (QED) is 0.792. The molecular weight excluding hydrogens is 274 g/mol. The number of aromatic nitrogens is 5. The standard InChI is InChI=1S/C12H17N7S/c1-4-19-6-15-17-9(19)5-14-12-10(11(13)20)7(2)8(3)16-18-12/h6H,4-5H2,1-3H3,(H2,13,20)(H,14,18). The summed E-state index contributed by atoms with van der Waals surface area (Å²) in [5, 5.41) is 19.3. The highest BCUT2D eigenvalue weighted by Crippen LogP contribution is 2.18. The molecule has 2 heterocycles. The Balaban J connectivity index is 2.26. The van der Waals surface area contributed by atoms with E-state index in [1.807, 2.05) is 25.3 Å². The van der Waals surface area contributed by atoms with E-state index in [0.29, 0.717) is 17.4 Å². The third-order valence-electron chi connectivity index (χ3n) is 3.15. The molecule has 0 bridgehead atoms. The number of hydrogen-bond acceptors (Lipinski definition) is 6. The molecule has 0 aromatic carbocycles. The van der Waals surface area contributed by atoms with Crippen molar-refractivity contribution in [1.82, 2.24) is 25.0 Å². The van der Waals surface area contributed by atoms with E-state index in [0.717, 1.165) is 29.2 Å². The Morgan fingerprint density at radius 1 is 1.35 bits per heavy atom. The lowest BCUT2D eigenvalue weighted by atomic mass is 10.1. The average Bonchev–Trinajstić information content (AvgIpc) is 2.87. The summed E-state index contributed by atoms with van der Waals surface area (Å²) in [5.41, 5.74) is 8.26. The number of nitrogens with zero attached hydrogens (tertiary/aromatic N) is 5. The van der Waals surface area contributed by atoms with Crippen molar-refractivity contribution in [1.29, 1.82) is 0 Å². The summed E-state index contributed by atoms with van der Waals surface area (Å²) >= 11 is 5.10. The van der Waals surface area contributed by atoms with Gasteiger partial charge in [0.1, 0.15) is 11.3 Å². The van der Waals surface area contributed by atoms with Crippen molar-refractivity contribution in [2.24, 2.45) is 5.73 Å². The molecule has 0 saturated heterocycles. The van der Waals surface area contributed by atoms with E-state index >= 15 is 0 Å². The van der Waals surface area contributed by atoms with Gasteiger partial charge < -0.3 is 15.6 Å². The Hall–Kier alpha value is -2.09. The number of nitrogens with one attached hydrogen (secondary N) is 1. The van der Waals surface area contributed by atoms with Crippen molar-refractivity contribution < 1.29 is 0 Å². The SMILES string of the molecule is CCn1cnnc1CNc1nnc(C)c(C)c1C(N)=S. The molecule has 7 nitrogen and oxygen atoms in total. The van der Waals surface area contributed by atoms with Gasteiger partial charge in [-0.1, -0.05) is 12.2 Å². The van der Waals surface area contributed by atoms with Crippen molar-refractivity contribution in [2.45, 2.75) is 33.9 Å². The van der Waals surface area contributed by atoms with Crippen molar-refractivity contribution in [3.05, 3.63) is 29.0 Å². The Labute approximate surface area is 122 Å². The molecule has 0 fully saturated rings. The van der Waals surface area contributed by atoms with Gasteiger partial charge in [0.05, 0.1) is 17.8 Å². The molecule has 0 aliphatic heterocycles. The lowest BCUT2D eigenvalue weighted by Crippen LogP contribution is -2.18. The molecule has 0 saturated carbocycles. The number of thiocarbonyl (C=S) groups is 1. The van der Waals surface area contributed by atoms with Crippen LogP contribution in [-0.2, 0) is 13.1 Å². The van der Waals surface area contributed by atoms with Crippen LogP contribution in [0, 0.1) is 13.8 Å². The predicted octanol–water partition coefficient (Wildman–Crippen LogP) is 0.951. The first-order chi connectivity index (χ1) is 9.54. The monoisotopic (exact) mass is 291 g/mol. The van der Waals surface area contributed by atoms with E-state index in [4.69, 9.17) is 18.0 Å². The summed E-state index contributed by atoms with van der Waals surface area (Å²) in [4.78, 5) is 0.306. The van der Waals surface area contributed by atoms with Gasteiger partial charge in [-0.15, -0.1) is 15.3 Å². The average molecular weight is 291 g/mol. The molecule has 0 aliphatic carbocycles. The fourth-order valence-electron chi connectivity index (χ4n) is 1.88. The highest BCUT2D eigenvalue weighted by molar-refractivity contribution is 7.80. The molecule has 0 unspecified atom stereocenters. The summed E-state index contributed by atoms with van der Waals surface area (Å²) in [5.74, 6) is 1.40. The second kappa shape index (κ2) is 5.91. The van der Waals surface area contributed by atoms with Crippen LogP contribution in [-0.4, -0.2) is 30.0 Å². The molecular formula is C12H17N7S. The molecule has 8 heteroatoms. The Morgan fingerprint density at radius 2 is 2.10 bits per heavy atom.